The van der Waals surface area contributed by atoms with E-state index in [-0.39, 0.29) is 17.2 Å². The van der Waals surface area contributed by atoms with Gasteiger partial charge in [0.1, 0.15) is 18.7 Å². The molecule has 2 aromatic carbocycles. The first kappa shape index (κ1) is 26.9. The van der Waals surface area contributed by atoms with E-state index < -0.39 is 0 Å². The molecule has 1 atom stereocenters. The molecule has 0 N–H and O–H groups in total. The van der Waals surface area contributed by atoms with Gasteiger partial charge in [-0.2, -0.15) is 0 Å². The minimum absolute atomic E-state index is 0.00725. The lowest BCUT2D eigenvalue weighted by Crippen LogP contribution is -2.35. The lowest BCUT2D eigenvalue weighted by Gasteiger charge is -2.32. The monoisotopic (exact) mass is 516 g/mol. The van der Waals surface area contributed by atoms with E-state index in [0.29, 0.717) is 19.1 Å². The van der Waals surface area contributed by atoms with Crippen molar-refractivity contribution in [2.45, 2.75) is 83.9 Å². The lowest BCUT2D eigenvalue weighted by molar-refractivity contribution is 0.0241. The van der Waals surface area contributed by atoms with E-state index in [0.717, 1.165) is 50.3 Å². The largest absolute Gasteiger partial charge is 0.478 e. The molecule has 1 saturated heterocycles. The van der Waals surface area contributed by atoms with Crippen LogP contribution in [0.2, 0.25) is 0 Å². The van der Waals surface area contributed by atoms with Crippen molar-refractivity contribution in [3.8, 4) is 0 Å². The van der Waals surface area contributed by atoms with E-state index >= 15 is 0 Å². The minimum Gasteiger partial charge on any atom is -0.478 e. The van der Waals surface area contributed by atoms with Crippen LogP contribution in [0.15, 0.2) is 53.5 Å². The number of benzene rings is 2. The Bertz CT molecular complexity index is 1270. The molecule has 3 heterocycles. The van der Waals surface area contributed by atoms with Crippen LogP contribution in [0, 0.1) is 0 Å². The number of hydrogen-bond donors (Lipinski definition) is 0. The van der Waals surface area contributed by atoms with E-state index in [1.807, 2.05) is 0 Å². The highest BCUT2D eigenvalue weighted by Crippen LogP contribution is 2.34. The second-order valence-electron chi connectivity index (χ2n) is 12.1. The maximum absolute atomic E-state index is 6.00. The number of aliphatic imine (C=N–C) groups is 1. The summed E-state index contributed by atoms with van der Waals surface area (Å²) in [6, 6.07) is 17.5. The Morgan fingerprint density at radius 2 is 1.79 bits per heavy atom. The van der Waals surface area contributed by atoms with Crippen LogP contribution in [-0.2, 0) is 21.3 Å². The normalized spacial score (nSPS) is 19.5. The van der Waals surface area contributed by atoms with Gasteiger partial charge < -0.3 is 18.9 Å². The zero-order valence-corrected chi connectivity index (χ0v) is 24.0. The molecule has 5 rings (SSSR count). The highest BCUT2D eigenvalue weighted by atomic mass is 16.5. The van der Waals surface area contributed by atoms with Crippen LogP contribution in [-0.4, -0.2) is 58.7 Å². The van der Waals surface area contributed by atoms with Crippen LogP contribution in [0.25, 0.3) is 11.0 Å². The maximum atomic E-state index is 6.00. The SMILES string of the molecule is CCOC(C)n1c(C2CCN(CCc3ccc(C(C)(C)C4=NC(C)(C)CO4)cc3)CC2)nc2ccccc21. The van der Waals surface area contributed by atoms with Gasteiger partial charge in [-0.1, -0.05) is 36.4 Å². The molecule has 1 aromatic heterocycles. The number of fused-ring (bicyclic) bond motifs is 1. The first-order valence-electron chi connectivity index (χ1n) is 14.3. The summed E-state index contributed by atoms with van der Waals surface area (Å²) >= 11 is 0. The Morgan fingerprint density at radius 3 is 2.45 bits per heavy atom. The molecule has 0 amide bonds. The molecule has 0 aliphatic carbocycles. The highest BCUT2D eigenvalue weighted by Gasteiger charge is 2.37. The summed E-state index contributed by atoms with van der Waals surface area (Å²) in [6.07, 6.45) is 3.32. The van der Waals surface area contributed by atoms with E-state index in [1.54, 1.807) is 0 Å². The number of likely N-dealkylation sites (tertiary alicyclic amines) is 1. The third-order valence-corrected chi connectivity index (χ3v) is 8.24. The Morgan fingerprint density at radius 1 is 1.08 bits per heavy atom. The van der Waals surface area contributed by atoms with Gasteiger partial charge in [-0.25, -0.2) is 9.98 Å². The molecule has 1 unspecified atom stereocenters. The van der Waals surface area contributed by atoms with E-state index in [9.17, 15) is 0 Å². The quantitative estimate of drug-likeness (QED) is 0.326. The minimum atomic E-state index is -0.218. The smallest absolute Gasteiger partial charge is 0.194 e. The predicted molar refractivity (Wildman–Crippen MR) is 155 cm³/mol. The number of imidazole rings is 1. The third kappa shape index (κ3) is 5.52. The summed E-state index contributed by atoms with van der Waals surface area (Å²) < 4.78 is 14.3. The van der Waals surface area contributed by atoms with Gasteiger partial charge in [0, 0.05) is 19.1 Å². The second-order valence-corrected chi connectivity index (χ2v) is 12.1. The Balaban J connectivity index is 1.18. The molecule has 2 aliphatic heterocycles. The number of aromatic nitrogens is 2. The van der Waals surface area contributed by atoms with E-state index in [4.69, 9.17) is 19.5 Å². The van der Waals surface area contributed by atoms with Gasteiger partial charge in [0.05, 0.1) is 22.0 Å². The fourth-order valence-corrected chi connectivity index (χ4v) is 5.87. The fourth-order valence-electron chi connectivity index (χ4n) is 5.87. The van der Waals surface area contributed by atoms with Gasteiger partial charge in [-0.05, 0) is 97.2 Å². The lowest BCUT2D eigenvalue weighted by atomic mass is 9.83. The third-order valence-electron chi connectivity index (χ3n) is 8.24. The van der Waals surface area contributed by atoms with E-state index in [2.05, 4.69) is 99.5 Å². The molecule has 0 saturated carbocycles. The molecule has 0 bridgehead atoms. The van der Waals surface area contributed by atoms with Crippen molar-refractivity contribution in [3.05, 3.63) is 65.5 Å². The Kier molecular flexibility index (Phi) is 7.65. The van der Waals surface area contributed by atoms with Crippen LogP contribution < -0.4 is 0 Å². The van der Waals surface area contributed by atoms with Gasteiger partial charge in [0.2, 0.25) is 0 Å². The standard InChI is InChI=1S/C32H44N4O2/c1-7-37-23(2)36-28-11-9-8-10-27(28)33-29(36)25-17-20-35(21-18-25)19-16-24-12-14-26(15-13-24)32(5,6)30-34-31(3,4)22-38-30/h8-15,23,25H,7,16-22H2,1-6H3. The van der Waals surface area contributed by atoms with Gasteiger partial charge in [0.25, 0.3) is 0 Å². The van der Waals surface area contributed by atoms with Crippen molar-refractivity contribution in [2.24, 2.45) is 4.99 Å². The molecular formula is C32H44N4O2. The molecule has 0 spiro atoms. The molecule has 6 heteroatoms. The maximum Gasteiger partial charge on any atom is 0.194 e. The molecule has 3 aromatic rings. The van der Waals surface area contributed by atoms with Gasteiger partial charge in [-0.15, -0.1) is 0 Å². The highest BCUT2D eigenvalue weighted by molar-refractivity contribution is 5.89. The van der Waals surface area contributed by atoms with Crippen molar-refractivity contribution >= 4 is 16.9 Å². The number of ether oxygens (including phenoxy) is 2. The first-order valence-corrected chi connectivity index (χ1v) is 14.3. The summed E-state index contributed by atoms with van der Waals surface area (Å²) in [5.41, 5.74) is 4.53. The van der Waals surface area contributed by atoms with Crippen molar-refractivity contribution in [2.75, 3.05) is 32.8 Å². The predicted octanol–water partition coefficient (Wildman–Crippen LogP) is 6.50. The molecule has 38 heavy (non-hydrogen) atoms. The number of rotatable bonds is 9. The van der Waals surface area contributed by atoms with Crippen molar-refractivity contribution in [1.82, 2.24) is 14.5 Å². The average Bonchev–Trinajstić information content (AvgIpc) is 3.48. The van der Waals surface area contributed by atoms with Gasteiger partial charge in [0.15, 0.2) is 5.90 Å². The number of para-hydroxylation sites is 2. The van der Waals surface area contributed by atoms with Crippen molar-refractivity contribution in [1.29, 1.82) is 0 Å². The van der Waals surface area contributed by atoms with Crippen LogP contribution in [0.1, 0.15) is 83.5 Å². The summed E-state index contributed by atoms with van der Waals surface area (Å²) in [5.74, 6) is 2.50. The zero-order chi connectivity index (χ0) is 26.9. The average molecular weight is 517 g/mol. The molecular weight excluding hydrogens is 472 g/mol. The summed E-state index contributed by atoms with van der Waals surface area (Å²) in [6.45, 7) is 17.5. The topological polar surface area (TPSA) is 51.9 Å². The van der Waals surface area contributed by atoms with Crippen LogP contribution in [0.5, 0.6) is 0 Å². The number of hydrogen-bond acceptors (Lipinski definition) is 5. The Labute approximate surface area is 228 Å². The van der Waals surface area contributed by atoms with E-state index in [1.165, 1.54) is 22.5 Å². The molecule has 0 radical (unpaired) electrons. The number of piperidine rings is 1. The summed E-state index contributed by atoms with van der Waals surface area (Å²) in [5, 5.41) is 0. The molecule has 6 nitrogen and oxygen atoms in total. The van der Waals surface area contributed by atoms with Crippen LogP contribution in [0.3, 0.4) is 0 Å². The van der Waals surface area contributed by atoms with Gasteiger partial charge >= 0.3 is 0 Å². The first-order chi connectivity index (χ1) is 18.2. The fraction of sp³-hybridized carbons (Fsp3) is 0.562. The van der Waals surface area contributed by atoms with Crippen molar-refractivity contribution in [3.63, 3.8) is 0 Å². The second kappa shape index (κ2) is 10.8. The zero-order valence-electron chi connectivity index (χ0n) is 24.0. The van der Waals surface area contributed by atoms with Crippen molar-refractivity contribution < 1.29 is 9.47 Å². The van der Waals surface area contributed by atoms with Gasteiger partial charge in [-0.3, -0.25) is 0 Å². The molecule has 2 aliphatic rings. The number of nitrogens with zero attached hydrogens (tertiary/aromatic N) is 4. The summed E-state index contributed by atoms with van der Waals surface area (Å²) in [4.78, 5) is 12.5. The Hall–Kier alpha value is -2.70. The van der Waals surface area contributed by atoms with Crippen LogP contribution in [0.4, 0.5) is 0 Å². The molecule has 204 valence electrons. The van der Waals surface area contributed by atoms with Crippen LogP contribution >= 0.6 is 0 Å². The molecule has 1 fully saturated rings. The summed E-state index contributed by atoms with van der Waals surface area (Å²) in [7, 11) is 0.